The molecule has 7 heteroatoms. The monoisotopic (exact) mass is 332 g/mol. The van der Waals surface area contributed by atoms with Crippen molar-refractivity contribution in [2.75, 3.05) is 5.32 Å². The van der Waals surface area contributed by atoms with Crippen molar-refractivity contribution in [3.8, 4) is 5.75 Å². The van der Waals surface area contributed by atoms with Crippen molar-refractivity contribution < 1.29 is 18.8 Å². The molecular weight excluding hydrogens is 315 g/mol. The third kappa shape index (κ3) is 4.28. The zero-order valence-corrected chi connectivity index (χ0v) is 13.3. The number of nitrogens with one attached hydrogen (secondary N) is 1. The molecule has 1 amide bonds. The van der Waals surface area contributed by atoms with E-state index < -0.39 is 22.8 Å². The number of nitro groups is 1. The summed E-state index contributed by atoms with van der Waals surface area (Å²) in [4.78, 5) is 22.2. The number of ether oxygens (including phenoxy) is 1. The molecule has 1 N–H and O–H groups in total. The highest BCUT2D eigenvalue weighted by atomic mass is 19.1. The molecule has 0 heterocycles. The van der Waals surface area contributed by atoms with Gasteiger partial charge in [-0.25, -0.2) is 4.39 Å². The largest absolute Gasteiger partial charge is 0.481 e. The van der Waals surface area contributed by atoms with E-state index >= 15 is 0 Å². The minimum atomic E-state index is -0.892. The molecule has 0 fully saturated rings. The average Bonchev–Trinajstić information content (AvgIpc) is 2.57. The number of anilines is 1. The summed E-state index contributed by atoms with van der Waals surface area (Å²) in [5.41, 5.74) is 0.569. The van der Waals surface area contributed by atoms with Gasteiger partial charge in [0.25, 0.3) is 11.6 Å². The number of aryl methyl sites for hydroxylation is 1. The first-order chi connectivity index (χ1) is 11.4. The van der Waals surface area contributed by atoms with E-state index in [2.05, 4.69) is 5.32 Å². The fourth-order valence-corrected chi connectivity index (χ4v) is 2.02. The molecule has 0 unspecified atom stereocenters. The van der Waals surface area contributed by atoms with Crippen molar-refractivity contribution in [2.24, 2.45) is 0 Å². The van der Waals surface area contributed by atoms with Crippen LogP contribution in [0, 0.1) is 15.9 Å². The highest BCUT2D eigenvalue weighted by Gasteiger charge is 2.18. The number of carbonyl (C=O) groups is 1. The number of amides is 1. The fraction of sp³-hybridized carbons (Fsp3) is 0.235. The normalized spacial score (nSPS) is 11.6. The second-order valence-electron chi connectivity index (χ2n) is 5.17. The van der Waals surface area contributed by atoms with Crippen LogP contribution in [-0.4, -0.2) is 16.9 Å². The van der Waals surface area contributed by atoms with Crippen LogP contribution in [0.5, 0.6) is 5.75 Å². The number of benzene rings is 2. The van der Waals surface area contributed by atoms with Gasteiger partial charge in [0, 0.05) is 12.1 Å². The standard InChI is InChI=1S/C17H17FN2O4/c1-3-12-4-7-14(8-5-12)24-11(2)17(21)19-16-10-13(20(22)23)6-9-15(16)18/h4-11H,3H2,1-2H3,(H,19,21)/t11-/m0/s1. The lowest BCUT2D eigenvalue weighted by atomic mass is 10.2. The van der Waals surface area contributed by atoms with Crippen LogP contribution >= 0.6 is 0 Å². The molecule has 126 valence electrons. The lowest BCUT2D eigenvalue weighted by Gasteiger charge is -2.15. The first kappa shape index (κ1) is 17.4. The Morgan fingerprint density at radius 3 is 2.54 bits per heavy atom. The third-order valence-corrected chi connectivity index (χ3v) is 3.43. The minimum Gasteiger partial charge on any atom is -0.481 e. The number of carbonyl (C=O) groups excluding carboxylic acids is 1. The third-order valence-electron chi connectivity index (χ3n) is 3.43. The second kappa shape index (κ2) is 7.54. The van der Waals surface area contributed by atoms with Gasteiger partial charge in [0.05, 0.1) is 10.6 Å². The summed E-state index contributed by atoms with van der Waals surface area (Å²) in [5, 5.41) is 13.0. The van der Waals surface area contributed by atoms with Gasteiger partial charge in [-0.05, 0) is 37.1 Å². The van der Waals surface area contributed by atoms with Gasteiger partial charge < -0.3 is 10.1 Å². The van der Waals surface area contributed by atoms with E-state index in [-0.39, 0.29) is 11.4 Å². The summed E-state index contributed by atoms with van der Waals surface area (Å²) >= 11 is 0. The van der Waals surface area contributed by atoms with Crippen LogP contribution in [0.4, 0.5) is 15.8 Å². The molecule has 0 radical (unpaired) electrons. The molecule has 2 aromatic carbocycles. The van der Waals surface area contributed by atoms with Crippen LogP contribution in [0.1, 0.15) is 19.4 Å². The molecule has 2 rings (SSSR count). The zero-order valence-electron chi connectivity index (χ0n) is 13.3. The van der Waals surface area contributed by atoms with Crippen LogP contribution in [-0.2, 0) is 11.2 Å². The van der Waals surface area contributed by atoms with Gasteiger partial charge in [0.15, 0.2) is 6.10 Å². The highest BCUT2D eigenvalue weighted by molar-refractivity contribution is 5.94. The van der Waals surface area contributed by atoms with Crippen molar-refractivity contribution >= 4 is 17.3 Å². The number of non-ortho nitro benzene ring substituents is 1. The quantitative estimate of drug-likeness (QED) is 0.646. The lowest BCUT2D eigenvalue weighted by Crippen LogP contribution is -2.30. The average molecular weight is 332 g/mol. The van der Waals surface area contributed by atoms with Gasteiger partial charge in [-0.3, -0.25) is 14.9 Å². The molecule has 2 aromatic rings. The second-order valence-corrected chi connectivity index (χ2v) is 5.17. The van der Waals surface area contributed by atoms with Gasteiger partial charge in [-0.2, -0.15) is 0 Å². The van der Waals surface area contributed by atoms with Gasteiger partial charge in [-0.1, -0.05) is 19.1 Å². The van der Waals surface area contributed by atoms with Crippen LogP contribution < -0.4 is 10.1 Å². The minimum absolute atomic E-state index is 0.258. The van der Waals surface area contributed by atoms with Crippen molar-refractivity contribution in [3.05, 3.63) is 64.0 Å². The Balaban J connectivity index is 2.05. The predicted molar refractivity (Wildman–Crippen MR) is 87.6 cm³/mol. The summed E-state index contributed by atoms with van der Waals surface area (Å²) in [5.74, 6) is -0.850. The van der Waals surface area contributed by atoms with Crippen LogP contribution in [0.15, 0.2) is 42.5 Å². The molecule has 0 saturated heterocycles. The topological polar surface area (TPSA) is 81.5 Å². The van der Waals surface area contributed by atoms with E-state index in [1.807, 2.05) is 19.1 Å². The van der Waals surface area contributed by atoms with Gasteiger partial charge >= 0.3 is 0 Å². The number of hydrogen-bond donors (Lipinski definition) is 1. The van der Waals surface area contributed by atoms with Crippen LogP contribution in [0.2, 0.25) is 0 Å². The Morgan fingerprint density at radius 1 is 1.29 bits per heavy atom. The van der Waals surface area contributed by atoms with Crippen molar-refractivity contribution in [1.29, 1.82) is 0 Å². The zero-order chi connectivity index (χ0) is 17.7. The Labute approximate surface area is 138 Å². The number of nitro benzene ring substituents is 1. The summed E-state index contributed by atoms with van der Waals surface area (Å²) in [6.07, 6.45) is -0.00121. The van der Waals surface area contributed by atoms with Crippen molar-refractivity contribution in [2.45, 2.75) is 26.4 Å². The summed E-state index contributed by atoms with van der Waals surface area (Å²) < 4.78 is 19.2. The van der Waals surface area contributed by atoms with E-state index in [1.54, 1.807) is 12.1 Å². The van der Waals surface area contributed by atoms with E-state index in [0.717, 1.165) is 30.2 Å². The molecule has 6 nitrogen and oxygen atoms in total. The van der Waals surface area contributed by atoms with E-state index in [0.29, 0.717) is 5.75 Å². The van der Waals surface area contributed by atoms with Crippen LogP contribution in [0.3, 0.4) is 0 Å². The Bertz CT molecular complexity index is 747. The molecule has 0 aliphatic carbocycles. The molecular formula is C17H17FN2O4. The number of nitrogens with zero attached hydrogens (tertiary/aromatic N) is 1. The number of rotatable bonds is 6. The molecule has 0 aliphatic rings. The van der Waals surface area contributed by atoms with Gasteiger partial charge in [0.2, 0.25) is 0 Å². The smallest absolute Gasteiger partial charge is 0.271 e. The maximum Gasteiger partial charge on any atom is 0.271 e. The molecule has 0 aromatic heterocycles. The van der Waals surface area contributed by atoms with E-state index in [4.69, 9.17) is 4.74 Å². The maximum absolute atomic E-state index is 13.7. The Morgan fingerprint density at radius 2 is 1.96 bits per heavy atom. The molecule has 0 aliphatic heterocycles. The molecule has 0 bridgehead atoms. The lowest BCUT2D eigenvalue weighted by molar-refractivity contribution is -0.384. The molecule has 0 saturated carbocycles. The maximum atomic E-state index is 13.7. The van der Waals surface area contributed by atoms with Gasteiger partial charge in [0.1, 0.15) is 11.6 Å². The summed E-state index contributed by atoms with van der Waals surface area (Å²) in [7, 11) is 0. The predicted octanol–water partition coefficient (Wildman–Crippen LogP) is 3.70. The highest BCUT2D eigenvalue weighted by Crippen LogP contribution is 2.22. The first-order valence-electron chi connectivity index (χ1n) is 7.41. The van der Waals surface area contributed by atoms with Crippen molar-refractivity contribution in [3.63, 3.8) is 0 Å². The molecule has 24 heavy (non-hydrogen) atoms. The van der Waals surface area contributed by atoms with Crippen molar-refractivity contribution in [1.82, 2.24) is 0 Å². The number of hydrogen-bond acceptors (Lipinski definition) is 4. The Kier molecular flexibility index (Phi) is 5.47. The van der Waals surface area contributed by atoms with E-state index in [9.17, 15) is 19.3 Å². The number of halogens is 1. The van der Waals surface area contributed by atoms with Crippen LogP contribution in [0.25, 0.3) is 0 Å². The van der Waals surface area contributed by atoms with E-state index in [1.165, 1.54) is 6.92 Å². The Hall–Kier alpha value is -2.96. The summed E-state index contributed by atoms with van der Waals surface area (Å²) in [6.45, 7) is 3.54. The summed E-state index contributed by atoms with van der Waals surface area (Å²) in [6, 6.07) is 10.2. The van der Waals surface area contributed by atoms with Gasteiger partial charge in [-0.15, -0.1) is 0 Å². The first-order valence-corrected chi connectivity index (χ1v) is 7.41. The molecule has 0 spiro atoms. The SMILES string of the molecule is CCc1ccc(O[C@@H](C)C(=O)Nc2cc([N+](=O)[O-])ccc2F)cc1. The fourth-order valence-electron chi connectivity index (χ4n) is 2.02. The molecule has 1 atom stereocenters.